The summed E-state index contributed by atoms with van der Waals surface area (Å²) in [5.41, 5.74) is 8.47. The third-order valence-corrected chi connectivity index (χ3v) is 2.96. The zero-order valence-electron chi connectivity index (χ0n) is 10.0. The van der Waals surface area contributed by atoms with Gasteiger partial charge >= 0.3 is 0 Å². The van der Waals surface area contributed by atoms with Crippen molar-refractivity contribution in [3.8, 4) is 17.1 Å². The summed E-state index contributed by atoms with van der Waals surface area (Å²) in [5, 5.41) is 1.05. The number of imidazole rings is 1. The maximum atomic E-state index is 5.54. The molecule has 0 atom stereocenters. The van der Waals surface area contributed by atoms with E-state index in [0.717, 1.165) is 33.9 Å². The largest absolute Gasteiger partial charge is 0.496 e. The molecular formula is C13H14N4O. The highest BCUT2D eigenvalue weighted by atomic mass is 16.5. The third kappa shape index (κ3) is 1.65. The van der Waals surface area contributed by atoms with Crippen molar-refractivity contribution in [2.24, 2.45) is 5.73 Å². The maximum Gasteiger partial charge on any atom is 0.128 e. The van der Waals surface area contributed by atoms with Gasteiger partial charge in [-0.1, -0.05) is 6.07 Å². The van der Waals surface area contributed by atoms with Crippen LogP contribution in [0.2, 0.25) is 0 Å². The van der Waals surface area contributed by atoms with Crippen LogP contribution in [-0.2, 0) is 6.54 Å². The molecule has 0 aliphatic rings. The topological polar surface area (TPSA) is 79.7 Å². The number of hydrogen-bond donors (Lipinski definition) is 3. The lowest BCUT2D eigenvalue weighted by molar-refractivity contribution is 0.420. The van der Waals surface area contributed by atoms with Crippen LogP contribution in [0.4, 0.5) is 0 Å². The Kier molecular flexibility index (Phi) is 2.53. The molecule has 92 valence electrons. The van der Waals surface area contributed by atoms with E-state index in [4.69, 9.17) is 10.5 Å². The molecule has 3 aromatic rings. The van der Waals surface area contributed by atoms with Gasteiger partial charge in [-0.2, -0.15) is 0 Å². The van der Waals surface area contributed by atoms with Gasteiger partial charge in [0, 0.05) is 10.9 Å². The highest BCUT2D eigenvalue weighted by Gasteiger charge is 2.09. The molecule has 0 spiro atoms. The summed E-state index contributed by atoms with van der Waals surface area (Å²) < 4.78 is 5.34. The first kappa shape index (κ1) is 10.9. The van der Waals surface area contributed by atoms with Gasteiger partial charge in [0.1, 0.15) is 11.6 Å². The SMILES string of the molecule is COc1cccc2[nH]c(-c3cnc(CN)[nH]3)cc12. The summed E-state index contributed by atoms with van der Waals surface area (Å²) in [7, 11) is 1.67. The molecule has 0 amide bonds. The van der Waals surface area contributed by atoms with Crippen molar-refractivity contribution in [3.05, 3.63) is 36.3 Å². The number of hydrogen-bond acceptors (Lipinski definition) is 3. The van der Waals surface area contributed by atoms with E-state index in [-0.39, 0.29) is 0 Å². The van der Waals surface area contributed by atoms with E-state index < -0.39 is 0 Å². The lowest BCUT2D eigenvalue weighted by Gasteiger charge is -1.99. The summed E-state index contributed by atoms with van der Waals surface area (Å²) in [4.78, 5) is 10.7. The van der Waals surface area contributed by atoms with Crippen LogP contribution in [0.3, 0.4) is 0 Å². The van der Waals surface area contributed by atoms with E-state index in [1.54, 1.807) is 13.3 Å². The van der Waals surface area contributed by atoms with E-state index in [0.29, 0.717) is 6.54 Å². The molecule has 0 saturated carbocycles. The number of nitrogens with zero attached hydrogens (tertiary/aromatic N) is 1. The van der Waals surface area contributed by atoms with Crippen molar-refractivity contribution < 1.29 is 4.74 Å². The molecule has 0 aliphatic carbocycles. The van der Waals surface area contributed by atoms with Crippen molar-refractivity contribution in [3.63, 3.8) is 0 Å². The van der Waals surface area contributed by atoms with Gasteiger partial charge in [0.2, 0.25) is 0 Å². The quantitative estimate of drug-likeness (QED) is 0.657. The Morgan fingerprint density at radius 2 is 2.17 bits per heavy atom. The first-order chi connectivity index (χ1) is 8.81. The van der Waals surface area contributed by atoms with Crippen LogP contribution in [0.5, 0.6) is 5.75 Å². The van der Waals surface area contributed by atoms with Crippen molar-refractivity contribution in [1.82, 2.24) is 15.0 Å². The van der Waals surface area contributed by atoms with E-state index in [2.05, 4.69) is 15.0 Å². The fourth-order valence-electron chi connectivity index (χ4n) is 2.05. The number of rotatable bonds is 3. The van der Waals surface area contributed by atoms with Crippen LogP contribution >= 0.6 is 0 Å². The Labute approximate surface area is 104 Å². The van der Waals surface area contributed by atoms with Gasteiger partial charge in [-0.3, -0.25) is 0 Å². The molecule has 0 fully saturated rings. The van der Waals surface area contributed by atoms with Crippen molar-refractivity contribution >= 4 is 10.9 Å². The minimum atomic E-state index is 0.406. The maximum absolute atomic E-state index is 5.54. The van der Waals surface area contributed by atoms with Gasteiger partial charge in [0.15, 0.2) is 0 Å². The normalized spacial score (nSPS) is 11.0. The Morgan fingerprint density at radius 3 is 2.89 bits per heavy atom. The molecular weight excluding hydrogens is 228 g/mol. The fraction of sp³-hybridized carbons (Fsp3) is 0.154. The summed E-state index contributed by atoms with van der Waals surface area (Å²) in [6, 6.07) is 7.96. The van der Waals surface area contributed by atoms with Crippen LogP contribution in [0.15, 0.2) is 30.5 Å². The van der Waals surface area contributed by atoms with E-state index in [1.807, 2.05) is 24.3 Å². The van der Waals surface area contributed by atoms with E-state index >= 15 is 0 Å². The summed E-state index contributed by atoms with van der Waals surface area (Å²) in [6.45, 7) is 0.406. The third-order valence-electron chi connectivity index (χ3n) is 2.96. The van der Waals surface area contributed by atoms with Crippen LogP contribution in [0.1, 0.15) is 5.82 Å². The molecule has 2 aromatic heterocycles. The van der Waals surface area contributed by atoms with E-state index in [1.165, 1.54) is 0 Å². The number of fused-ring (bicyclic) bond motifs is 1. The fourth-order valence-corrected chi connectivity index (χ4v) is 2.05. The molecule has 0 bridgehead atoms. The predicted molar refractivity (Wildman–Crippen MR) is 70.3 cm³/mol. The Hall–Kier alpha value is -2.27. The molecule has 0 radical (unpaired) electrons. The zero-order chi connectivity index (χ0) is 12.5. The van der Waals surface area contributed by atoms with Crippen LogP contribution < -0.4 is 10.5 Å². The van der Waals surface area contributed by atoms with Gasteiger partial charge in [-0.25, -0.2) is 4.98 Å². The van der Waals surface area contributed by atoms with Crippen LogP contribution in [0, 0.1) is 0 Å². The van der Waals surface area contributed by atoms with Crippen molar-refractivity contribution in [2.45, 2.75) is 6.54 Å². The van der Waals surface area contributed by atoms with Gasteiger partial charge < -0.3 is 20.4 Å². The number of ether oxygens (including phenoxy) is 1. The smallest absolute Gasteiger partial charge is 0.128 e. The Morgan fingerprint density at radius 1 is 1.28 bits per heavy atom. The highest BCUT2D eigenvalue weighted by Crippen LogP contribution is 2.29. The average molecular weight is 242 g/mol. The van der Waals surface area contributed by atoms with Crippen LogP contribution in [-0.4, -0.2) is 22.1 Å². The minimum absolute atomic E-state index is 0.406. The van der Waals surface area contributed by atoms with Crippen LogP contribution in [0.25, 0.3) is 22.3 Å². The number of aromatic amines is 2. The second kappa shape index (κ2) is 4.19. The Bertz CT molecular complexity index is 683. The van der Waals surface area contributed by atoms with Gasteiger partial charge in [-0.15, -0.1) is 0 Å². The predicted octanol–water partition coefficient (Wildman–Crippen LogP) is 2.03. The first-order valence-electron chi connectivity index (χ1n) is 5.72. The minimum Gasteiger partial charge on any atom is -0.496 e. The lowest BCUT2D eigenvalue weighted by Crippen LogP contribution is -1.97. The average Bonchev–Trinajstić information content (AvgIpc) is 3.03. The molecule has 0 unspecified atom stereocenters. The van der Waals surface area contributed by atoms with Gasteiger partial charge in [-0.05, 0) is 18.2 Å². The molecule has 5 nitrogen and oxygen atoms in total. The second-order valence-electron chi connectivity index (χ2n) is 4.05. The number of H-pyrrole nitrogens is 2. The molecule has 2 heterocycles. The molecule has 3 rings (SSSR count). The van der Waals surface area contributed by atoms with Crippen molar-refractivity contribution in [1.29, 1.82) is 0 Å². The lowest BCUT2D eigenvalue weighted by atomic mass is 10.2. The molecule has 0 saturated heterocycles. The summed E-state index contributed by atoms with van der Waals surface area (Å²) in [6.07, 6.45) is 1.78. The monoisotopic (exact) mass is 242 g/mol. The molecule has 5 heteroatoms. The van der Waals surface area contributed by atoms with Crippen molar-refractivity contribution in [2.75, 3.05) is 7.11 Å². The molecule has 4 N–H and O–H groups in total. The number of nitrogens with one attached hydrogen (secondary N) is 2. The molecule has 0 aliphatic heterocycles. The molecule has 18 heavy (non-hydrogen) atoms. The zero-order valence-corrected chi connectivity index (χ0v) is 10.0. The first-order valence-corrected chi connectivity index (χ1v) is 5.72. The number of nitrogens with two attached hydrogens (primary N) is 1. The Balaban J connectivity index is 2.13. The van der Waals surface area contributed by atoms with Gasteiger partial charge in [0.05, 0.1) is 31.2 Å². The summed E-state index contributed by atoms with van der Waals surface area (Å²) >= 11 is 0. The number of aromatic nitrogens is 3. The number of methoxy groups -OCH3 is 1. The molecule has 1 aromatic carbocycles. The second-order valence-corrected chi connectivity index (χ2v) is 4.05. The van der Waals surface area contributed by atoms with E-state index in [9.17, 15) is 0 Å². The summed E-state index contributed by atoms with van der Waals surface area (Å²) in [5.74, 6) is 1.63. The standard InChI is InChI=1S/C13H14N4O/c1-18-12-4-2-3-9-8(12)5-10(16-9)11-7-15-13(6-14)17-11/h2-5,7,16H,6,14H2,1H3,(H,15,17). The highest BCUT2D eigenvalue weighted by molar-refractivity contribution is 5.90. The number of benzene rings is 1. The van der Waals surface area contributed by atoms with Gasteiger partial charge in [0.25, 0.3) is 0 Å².